The summed E-state index contributed by atoms with van der Waals surface area (Å²) in [5, 5.41) is 0. The molecule has 1 aromatic rings. The van der Waals surface area contributed by atoms with E-state index in [1.54, 1.807) is 7.11 Å². The van der Waals surface area contributed by atoms with Crippen molar-refractivity contribution in [3.63, 3.8) is 0 Å². The Labute approximate surface area is 104 Å². The van der Waals surface area contributed by atoms with E-state index in [2.05, 4.69) is 34.7 Å². The summed E-state index contributed by atoms with van der Waals surface area (Å²) in [6, 6.07) is 8.18. The van der Waals surface area contributed by atoms with E-state index in [-0.39, 0.29) is 6.10 Å². The number of hydrogen-bond donors (Lipinski definition) is 0. The molecule has 2 nitrogen and oxygen atoms in total. The molecule has 0 N–H and O–H groups in total. The van der Waals surface area contributed by atoms with E-state index in [4.69, 9.17) is 9.47 Å². The fraction of sp³-hybridized carbons (Fsp3) is 0.500. The molecule has 1 saturated heterocycles. The van der Waals surface area contributed by atoms with Gasteiger partial charge in [-0.2, -0.15) is 0 Å². The van der Waals surface area contributed by atoms with Crippen LogP contribution in [-0.2, 0) is 4.74 Å². The normalized spacial score (nSPS) is 26.3. The van der Waals surface area contributed by atoms with Gasteiger partial charge in [-0.1, -0.05) is 34.7 Å². The maximum absolute atomic E-state index is 5.76. The van der Waals surface area contributed by atoms with Crippen LogP contribution >= 0.6 is 22.6 Å². The SMILES string of the molecule is COc1ccc([C@H]2C[C@H](I)CCO2)cc1. The average Bonchev–Trinajstić information content (AvgIpc) is 2.29. The Balaban J connectivity index is 2.07. The van der Waals surface area contributed by atoms with Crippen molar-refractivity contribution in [2.75, 3.05) is 13.7 Å². The summed E-state index contributed by atoms with van der Waals surface area (Å²) in [5.74, 6) is 0.903. The zero-order chi connectivity index (χ0) is 10.7. The first-order chi connectivity index (χ1) is 7.29. The van der Waals surface area contributed by atoms with Gasteiger partial charge in [-0.05, 0) is 30.5 Å². The highest BCUT2D eigenvalue weighted by Gasteiger charge is 2.21. The van der Waals surface area contributed by atoms with Crippen LogP contribution in [0.1, 0.15) is 24.5 Å². The molecule has 0 bridgehead atoms. The summed E-state index contributed by atoms with van der Waals surface area (Å²) < 4.78 is 11.6. The molecule has 1 aromatic carbocycles. The van der Waals surface area contributed by atoms with Crippen LogP contribution in [0.4, 0.5) is 0 Å². The molecule has 0 radical (unpaired) electrons. The first-order valence-corrected chi connectivity index (χ1v) is 6.44. The molecule has 1 heterocycles. The lowest BCUT2D eigenvalue weighted by Gasteiger charge is -2.26. The first-order valence-electron chi connectivity index (χ1n) is 5.19. The molecule has 0 aromatic heterocycles. The number of hydrogen-bond acceptors (Lipinski definition) is 2. The summed E-state index contributed by atoms with van der Waals surface area (Å²) in [6.07, 6.45) is 2.56. The Bertz CT molecular complexity index is 310. The van der Waals surface area contributed by atoms with E-state index in [0.717, 1.165) is 22.7 Å². The van der Waals surface area contributed by atoms with Crippen LogP contribution < -0.4 is 4.74 Å². The van der Waals surface area contributed by atoms with Gasteiger partial charge in [-0.25, -0.2) is 0 Å². The van der Waals surface area contributed by atoms with Gasteiger partial charge in [0.25, 0.3) is 0 Å². The zero-order valence-corrected chi connectivity index (χ0v) is 10.9. The van der Waals surface area contributed by atoms with Gasteiger partial charge in [0.15, 0.2) is 0 Å². The molecule has 0 amide bonds. The summed E-state index contributed by atoms with van der Waals surface area (Å²) in [5.41, 5.74) is 1.26. The molecule has 1 aliphatic heterocycles. The van der Waals surface area contributed by atoms with Crippen LogP contribution in [0.2, 0.25) is 0 Å². The topological polar surface area (TPSA) is 18.5 Å². The van der Waals surface area contributed by atoms with Gasteiger partial charge in [-0.15, -0.1) is 0 Å². The molecule has 2 atom stereocenters. The van der Waals surface area contributed by atoms with Gasteiger partial charge >= 0.3 is 0 Å². The van der Waals surface area contributed by atoms with Crippen molar-refractivity contribution < 1.29 is 9.47 Å². The van der Waals surface area contributed by atoms with Crippen molar-refractivity contribution >= 4 is 22.6 Å². The Hall–Kier alpha value is -0.290. The average molecular weight is 318 g/mol. The van der Waals surface area contributed by atoms with Gasteiger partial charge in [0.05, 0.1) is 13.2 Å². The lowest BCUT2D eigenvalue weighted by Crippen LogP contribution is -2.19. The molecule has 15 heavy (non-hydrogen) atoms. The molecule has 0 spiro atoms. The van der Waals surface area contributed by atoms with Crippen LogP contribution in [0, 0.1) is 0 Å². The Morgan fingerprint density at radius 2 is 2.07 bits per heavy atom. The standard InChI is InChI=1S/C12H15IO2/c1-14-11-4-2-9(3-5-11)12-8-10(13)6-7-15-12/h2-5,10,12H,6-8H2,1H3/t10-,12-/m1/s1. The number of benzene rings is 1. The molecule has 2 rings (SSSR count). The van der Waals surface area contributed by atoms with Gasteiger partial charge < -0.3 is 9.47 Å². The number of rotatable bonds is 2. The first kappa shape index (κ1) is 11.2. The lowest BCUT2D eigenvalue weighted by atomic mass is 10.0. The highest BCUT2D eigenvalue weighted by molar-refractivity contribution is 14.1. The maximum Gasteiger partial charge on any atom is 0.118 e. The van der Waals surface area contributed by atoms with Crippen LogP contribution in [-0.4, -0.2) is 17.6 Å². The third-order valence-electron chi connectivity index (χ3n) is 2.71. The van der Waals surface area contributed by atoms with Gasteiger partial charge in [0, 0.05) is 10.5 Å². The van der Waals surface area contributed by atoms with Crippen molar-refractivity contribution in [2.24, 2.45) is 0 Å². The minimum Gasteiger partial charge on any atom is -0.497 e. The fourth-order valence-corrected chi connectivity index (χ4v) is 2.52. The van der Waals surface area contributed by atoms with Crippen molar-refractivity contribution in [1.29, 1.82) is 0 Å². The third kappa shape index (κ3) is 2.84. The highest BCUT2D eigenvalue weighted by Crippen LogP contribution is 2.32. The van der Waals surface area contributed by atoms with Gasteiger partial charge in [0.1, 0.15) is 5.75 Å². The molecule has 1 aliphatic rings. The maximum atomic E-state index is 5.76. The molecule has 0 unspecified atom stereocenters. The van der Waals surface area contributed by atoms with Crippen molar-refractivity contribution in [3.8, 4) is 5.75 Å². The van der Waals surface area contributed by atoms with Crippen molar-refractivity contribution in [3.05, 3.63) is 29.8 Å². The summed E-state index contributed by atoms with van der Waals surface area (Å²) in [6.45, 7) is 0.879. The number of alkyl halides is 1. The Kier molecular flexibility index (Phi) is 3.86. The van der Waals surface area contributed by atoms with E-state index < -0.39 is 0 Å². The molecular formula is C12H15IO2. The van der Waals surface area contributed by atoms with Gasteiger partial charge in [0.2, 0.25) is 0 Å². The number of ether oxygens (including phenoxy) is 2. The fourth-order valence-electron chi connectivity index (χ4n) is 1.81. The second-order valence-corrected chi connectivity index (χ2v) is 5.52. The zero-order valence-electron chi connectivity index (χ0n) is 8.78. The number of halogens is 1. The molecule has 82 valence electrons. The second-order valence-electron chi connectivity index (χ2n) is 3.75. The third-order valence-corrected chi connectivity index (χ3v) is 3.84. The van der Waals surface area contributed by atoms with Crippen molar-refractivity contribution in [2.45, 2.75) is 22.9 Å². The molecule has 3 heteroatoms. The largest absolute Gasteiger partial charge is 0.497 e. The minimum absolute atomic E-state index is 0.270. The van der Waals surface area contributed by atoms with E-state index in [0.29, 0.717) is 0 Å². The quantitative estimate of drug-likeness (QED) is 0.615. The highest BCUT2D eigenvalue weighted by atomic mass is 127. The predicted molar refractivity (Wildman–Crippen MR) is 68.7 cm³/mol. The molecule has 1 fully saturated rings. The predicted octanol–water partition coefficient (Wildman–Crippen LogP) is 3.35. The van der Waals surface area contributed by atoms with Gasteiger partial charge in [-0.3, -0.25) is 0 Å². The summed E-state index contributed by atoms with van der Waals surface area (Å²) >= 11 is 2.51. The summed E-state index contributed by atoms with van der Waals surface area (Å²) in [7, 11) is 1.69. The van der Waals surface area contributed by atoms with E-state index in [9.17, 15) is 0 Å². The number of methoxy groups -OCH3 is 1. The van der Waals surface area contributed by atoms with Crippen molar-refractivity contribution in [1.82, 2.24) is 0 Å². The second kappa shape index (κ2) is 5.16. The smallest absolute Gasteiger partial charge is 0.118 e. The van der Waals surface area contributed by atoms with E-state index in [1.807, 2.05) is 12.1 Å². The summed E-state index contributed by atoms with van der Waals surface area (Å²) in [4.78, 5) is 0. The monoisotopic (exact) mass is 318 g/mol. The van der Waals surface area contributed by atoms with Crippen LogP contribution in [0.15, 0.2) is 24.3 Å². The molecular weight excluding hydrogens is 303 g/mol. The van der Waals surface area contributed by atoms with Crippen LogP contribution in [0.5, 0.6) is 5.75 Å². The Morgan fingerprint density at radius 3 is 2.67 bits per heavy atom. The van der Waals surface area contributed by atoms with Crippen LogP contribution in [0.25, 0.3) is 0 Å². The van der Waals surface area contributed by atoms with E-state index in [1.165, 1.54) is 12.0 Å². The van der Waals surface area contributed by atoms with Crippen LogP contribution in [0.3, 0.4) is 0 Å². The minimum atomic E-state index is 0.270. The van der Waals surface area contributed by atoms with E-state index >= 15 is 0 Å². The Morgan fingerprint density at radius 1 is 1.33 bits per heavy atom. The molecule has 0 aliphatic carbocycles. The lowest BCUT2D eigenvalue weighted by molar-refractivity contribution is 0.0199. The molecule has 0 saturated carbocycles.